The summed E-state index contributed by atoms with van der Waals surface area (Å²) in [6, 6.07) is 14.5. The van der Waals surface area contributed by atoms with Crippen molar-refractivity contribution < 1.29 is 4.74 Å². The Morgan fingerprint density at radius 3 is 2.61 bits per heavy atom. The molecule has 4 heteroatoms. The van der Waals surface area contributed by atoms with E-state index in [4.69, 9.17) is 33.2 Å². The molecule has 0 heterocycles. The van der Waals surface area contributed by atoms with E-state index in [1.807, 2.05) is 18.2 Å². The van der Waals surface area contributed by atoms with Crippen LogP contribution in [0.4, 0.5) is 0 Å². The van der Waals surface area contributed by atoms with Gasteiger partial charge in [0.2, 0.25) is 0 Å². The van der Waals surface area contributed by atoms with Crippen molar-refractivity contribution in [2.24, 2.45) is 0 Å². The number of halogens is 2. The molecular weight excluding hydrogens is 269 g/mol. The highest BCUT2D eigenvalue weighted by Gasteiger charge is 2.06. The number of hydrogen-bond acceptors (Lipinski definition) is 2. The smallest absolute Gasteiger partial charge is 0.137 e. The molecule has 0 saturated heterocycles. The van der Waals surface area contributed by atoms with Gasteiger partial charge in [-0.2, -0.15) is 5.26 Å². The molecule has 0 saturated carbocycles. The normalized spacial score (nSPS) is 9.83. The van der Waals surface area contributed by atoms with Crippen molar-refractivity contribution in [3.05, 3.63) is 63.6 Å². The summed E-state index contributed by atoms with van der Waals surface area (Å²) in [5.74, 6) is 0.538. The molecule has 90 valence electrons. The minimum Gasteiger partial charge on any atom is -0.487 e. The first-order chi connectivity index (χ1) is 8.72. The fourth-order valence-electron chi connectivity index (χ4n) is 1.50. The van der Waals surface area contributed by atoms with Crippen LogP contribution in [0.2, 0.25) is 10.0 Å². The third kappa shape index (κ3) is 2.76. The third-order valence-electron chi connectivity index (χ3n) is 2.42. The summed E-state index contributed by atoms with van der Waals surface area (Å²) >= 11 is 12.0. The van der Waals surface area contributed by atoms with Gasteiger partial charge in [-0.1, -0.05) is 47.5 Å². The molecule has 0 unspecified atom stereocenters. The number of benzene rings is 2. The monoisotopic (exact) mass is 277 g/mol. The van der Waals surface area contributed by atoms with E-state index in [0.29, 0.717) is 21.4 Å². The molecule has 0 aromatic heterocycles. The van der Waals surface area contributed by atoms with Crippen LogP contribution in [-0.4, -0.2) is 0 Å². The van der Waals surface area contributed by atoms with Crippen molar-refractivity contribution in [2.75, 3.05) is 0 Å². The Hall–Kier alpha value is -1.69. The van der Waals surface area contributed by atoms with Gasteiger partial charge in [0.1, 0.15) is 18.4 Å². The average molecular weight is 278 g/mol. The van der Waals surface area contributed by atoms with Crippen LogP contribution >= 0.6 is 23.2 Å². The van der Waals surface area contributed by atoms with Crippen LogP contribution in [0.1, 0.15) is 11.1 Å². The first kappa shape index (κ1) is 12.8. The Morgan fingerprint density at radius 2 is 1.83 bits per heavy atom. The predicted molar refractivity (Wildman–Crippen MR) is 72.0 cm³/mol. The zero-order chi connectivity index (χ0) is 13.0. The van der Waals surface area contributed by atoms with Gasteiger partial charge in [0.05, 0.1) is 15.6 Å². The second-order valence-electron chi connectivity index (χ2n) is 3.61. The Balaban J connectivity index is 2.17. The lowest BCUT2D eigenvalue weighted by atomic mass is 10.2. The number of ether oxygens (including phenoxy) is 1. The molecule has 2 aromatic carbocycles. The molecule has 2 rings (SSSR count). The van der Waals surface area contributed by atoms with Crippen LogP contribution in [0.15, 0.2) is 42.5 Å². The molecule has 0 fully saturated rings. The predicted octanol–water partition coefficient (Wildman–Crippen LogP) is 4.44. The van der Waals surface area contributed by atoms with E-state index in [0.717, 1.165) is 5.56 Å². The molecule has 0 aliphatic heterocycles. The van der Waals surface area contributed by atoms with Gasteiger partial charge in [0, 0.05) is 5.56 Å². The van der Waals surface area contributed by atoms with E-state index < -0.39 is 0 Å². The first-order valence-corrected chi connectivity index (χ1v) is 6.03. The average Bonchev–Trinajstić information content (AvgIpc) is 2.41. The Morgan fingerprint density at radius 1 is 1.06 bits per heavy atom. The van der Waals surface area contributed by atoms with E-state index in [2.05, 4.69) is 6.07 Å². The lowest BCUT2D eigenvalue weighted by molar-refractivity contribution is 0.305. The molecule has 18 heavy (non-hydrogen) atoms. The van der Waals surface area contributed by atoms with E-state index >= 15 is 0 Å². The maximum absolute atomic E-state index is 8.94. The molecule has 0 amide bonds. The van der Waals surface area contributed by atoms with Crippen LogP contribution in [0, 0.1) is 11.3 Å². The highest BCUT2D eigenvalue weighted by Crippen LogP contribution is 2.27. The SMILES string of the molecule is N#Cc1ccccc1OCc1cccc(Cl)c1Cl. The lowest BCUT2D eigenvalue weighted by Crippen LogP contribution is -1.98. The topological polar surface area (TPSA) is 33.0 Å². The van der Waals surface area contributed by atoms with Crippen LogP contribution in [0.5, 0.6) is 5.75 Å². The van der Waals surface area contributed by atoms with Gasteiger partial charge in [0.25, 0.3) is 0 Å². The molecule has 0 aliphatic rings. The molecule has 0 N–H and O–H groups in total. The van der Waals surface area contributed by atoms with Gasteiger partial charge in [-0.05, 0) is 18.2 Å². The largest absolute Gasteiger partial charge is 0.487 e. The highest BCUT2D eigenvalue weighted by atomic mass is 35.5. The van der Waals surface area contributed by atoms with E-state index in [9.17, 15) is 0 Å². The van der Waals surface area contributed by atoms with Crippen LogP contribution in [0.3, 0.4) is 0 Å². The summed E-state index contributed by atoms with van der Waals surface area (Å²) in [6.45, 7) is 0.276. The van der Waals surface area contributed by atoms with Crippen molar-refractivity contribution in [2.45, 2.75) is 6.61 Å². The maximum atomic E-state index is 8.94. The standard InChI is InChI=1S/C14H9Cl2NO/c15-12-6-3-5-11(14(12)16)9-18-13-7-2-1-4-10(13)8-17/h1-7H,9H2. The van der Waals surface area contributed by atoms with Gasteiger partial charge in [-0.3, -0.25) is 0 Å². The van der Waals surface area contributed by atoms with Gasteiger partial charge in [-0.15, -0.1) is 0 Å². The van der Waals surface area contributed by atoms with Crippen molar-refractivity contribution in [3.8, 4) is 11.8 Å². The Labute approximate surface area is 115 Å². The van der Waals surface area contributed by atoms with Crippen LogP contribution in [-0.2, 0) is 6.61 Å². The van der Waals surface area contributed by atoms with Gasteiger partial charge in [0.15, 0.2) is 0 Å². The number of hydrogen-bond donors (Lipinski definition) is 0. The van der Waals surface area contributed by atoms with Crippen LogP contribution < -0.4 is 4.74 Å². The molecule has 0 bridgehead atoms. The minimum absolute atomic E-state index is 0.276. The summed E-state index contributed by atoms with van der Waals surface area (Å²) in [6.07, 6.45) is 0. The van der Waals surface area contributed by atoms with Crippen molar-refractivity contribution in [1.82, 2.24) is 0 Å². The fourth-order valence-corrected chi connectivity index (χ4v) is 1.87. The number of rotatable bonds is 3. The number of nitrogens with zero attached hydrogens (tertiary/aromatic N) is 1. The van der Waals surface area contributed by atoms with E-state index in [1.165, 1.54) is 0 Å². The van der Waals surface area contributed by atoms with Crippen molar-refractivity contribution >= 4 is 23.2 Å². The van der Waals surface area contributed by atoms with Crippen molar-refractivity contribution in [1.29, 1.82) is 5.26 Å². The van der Waals surface area contributed by atoms with Crippen molar-refractivity contribution in [3.63, 3.8) is 0 Å². The fraction of sp³-hybridized carbons (Fsp3) is 0.0714. The quantitative estimate of drug-likeness (QED) is 0.831. The molecule has 0 atom stereocenters. The second kappa shape index (κ2) is 5.77. The lowest BCUT2D eigenvalue weighted by Gasteiger charge is -2.09. The van der Waals surface area contributed by atoms with Gasteiger partial charge >= 0.3 is 0 Å². The molecule has 2 aromatic rings. The maximum Gasteiger partial charge on any atom is 0.137 e. The summed E-state index contributed by atoms with van der Waals surface area (Å²) in [5, 5.41) is 9.91. The molecule has 0 spiro atoms. The number of para-hydroxylation sites is 1. The van der Waals surface area contributed by atoms with E-state index in [-0.39, 0.29) is 6.61 Å². The van der Waals surface area contributed by atoms with Crippen LogP contribution in [0.25, 0.3) is 0 Å². The summed E-state index contributed by atoms with van der Waals surface area (Å²) < 4.78 is 5.58. The molecular formula is C14H9Cl2NO. The summed E-state index contributed by atoms with van der Waals surface area (Å²) in [5.41, 5.74) is 1.28. The second-order valence-corrected chi connectivity index (χ2v) is 4.39. The Bertz CT molecular complexity index is 605. The molecule has 0 aliphatic carbocycles. The molecule has 2 nitrogen and oxygen atoms in total. The summed E-state index contributed by atoms with van der Waals surface area (Å²) in [7, 11) is 0. The summed E-state index contributed by atoms with van der Waals surface area (Å²) in [4.78, 5) is 0. The zero-order valence-electron chi connectivity index (χ0n) is 9.36. The Kier molecular flexibility index (Phi) is 4.09. The first-order valence-electron chi connectivity index (χ1n) is 5.27. The molecule has 0 radical (unpaired) electrons. The third-order valence-corrected chi connectivity index (χ3v) is 3.28. The minimum atomic E-state index is 0.276. The van der Waals surface area contributed by atoms with Gasteiger partial charge in [-0.25, -0.2) is 0 Å². The van der Waals surface area contributed by atoms with E-state index in [1.54, 1.807) is 24.3 Å². The van der Waals surface area contributed by atoms with Gasteiger partial charge < -0.3 is 4.74 Å². The number of nitriles is 1. The highest BCUT2D eigenvalue weighted by molar-refractivity contribution is 6.42. The zero-order valence-corrected chi connectivity index (χ0v) is 10.9.